The van der Waals surface area contributed by atoms with Gasteiger partial charge in [-0.05, 0) is 213 Å². The molecule has 0 radical (unpaired) electrons. The van der Waals surface area contributed by atoms with Crippen LogP contribution in [0.5, 0.6) is 0 Å². The number of alkyl carbamates (subject to hydrolysis) is 1. The van der Waals surface area contributed by atoms with E-state index in [1.54, 1.807) is 166 Å². The van der Waals surface area contributed by atoms with E-state index in [1.807, 2.05) is 71.9 Å². The van der Waals surface area contributed by atoms with Crippen molar-refractivity contribution in [3.05, 3.63) is 35.9 Å². The fourth-order valence-corrected chi connectivity index (χ4v) is 5.61. The summed E-state index contributed by atoms with van der Waals surface area (Å²) in [6.07, 6.45) is -2.02. The van der Waals surface area contributed by atoms with Gasteiger partial charge in [-0.25, -0.2) is 67.4 Å². The first kappa shape index (κ1) is 114. The number of nitrogens with zero attached hydrogens (tertiary/aromatic N) is 4. The number of carboxylic acid groups (broad SMARTS) is 1. The molecule has 0 aliphatic heterocycles. The molecule has 5 amide bonds. The normalized spacial score (nSPS) is 11.6. The van der Waals surface area contributed by atoms with Crippen LogP contribution < -0.4 is 88.3 Å². The summed E-state index contributed by atoms with van der Waals surface area (Å²) in [5.41, 5.74) is 26.9. The fourth-order valence-electron chi connectivity index (χ4n) is 5.20. The van der Waals surface area contributed by atoms with Crippen LogP contribution in [0.25, 0.3) is 0 Å². The van der Waals surface area contributed by atoms with Crippen molar-refractivity contribution in [2.75, 3.05) is 51.9 Å². The molecule has 0 unspecified atom stereocenters. The predicted molar refractivity (Wildman–Crippen MR) is 422 cm³/mol. The van der Waals surface area contributed by atoms with E-state index in [2.05, 4.69) is 102 Å². The van der Waals surface area contributed by atoms with Gasteiger partial charge in [-0.1, -0.05) is 58.0 Å². The number of hydrogen-bond acceptors (Lipinski definition) is 33. The van der Waals surface area contributed by atoms with Gasteiger partial charge in [0.25, 0.3) is 0 Å². The van der Waals surface area contributed by atoms with Gasteiger partial charge >= 0.3 is 67.7 Å². The molecule has 0 aliphatic rings. The number of amides is 5. The molecule has 42 nitrogen and oxygen atoms in total. The quantitative estimate of drug-likeness (QED) is 0.0143. The van der Waals surface area contributed by atoms with E-state index in [0.29, 0.717) is 11.6 Å². The van der Waals surface area contributed by atoms with Crippen molar-refractivity contribution in [1.29, 1.82) is 0 Å². The second-order valence-electron chi connectivity index (χ2n) is 30.3. The number of alkyl halides is 1. The number of hydrogen-bond donors (Lipinski definition) is 17. The zero-order valence-electron chi connectivity index (χ0n) is 71.0. The van der Waals surface area contributed by atoms with Crippen LogP contribution in [0.2, 0.25) is 0 Å². The van der Waals surface area contributed by atoms with Crippen LogP contribution in [0.1, 0.15) is 201 Å². The molecule has 640 valence electrons. The number of guanidine groups is 2. The summed E-state index contributed by atoms with van der Waals surface area (Å²) in [4.78, 5) is 123. The number of carboxylic acids is 1. The molecule has 0 bridgehead atoms. The van der Waals surface area contributed by atoms with Crippen LogP contribution in [-0.4, -0.2) is 196 Å². The molecule has 0 saturated carbocycles. The van der Waals surface area contributed by atoms with Gasteiger partial charge in [-0.2, -0.15) is 0 Å². The van der Waals surface area contributed by atoms with Crippen molar-refractivity contribution >= 4 is 111 Å². The molecule has 0 atom stereocenters. The van der Waals surface area contributed by atoms with Crippen LogP contribution >= 0.6 is 27.7 Å². The number of halogens is 1. The number of carbonyl (C=O) groups excluding carboxylic acids is 10. The third-order valence-corrected chi connectivity index (χ3v) is 9.27. The molecule has 1 aromatic carbocycles. The molecule has 1 aromatic rings. The maximum atomic E-state index is 11.9. The van der Waals surface area contributed by atoms with Crippen molar-refractivity contribution in [2.24, 2.45) is 38.6 Å². The zero-order chi connectivity index (χ0) is 87.9. The Kier molecular flexibility index (Phi) is 60.2. The summed E-state index contributed by atoms with van der Waals surface area (Å²) in [5.74, 6) is 11.6. The van der Waals surface area contributed by atoms with Crippen LogP contribution in [0.4, 0.5) is 24.0 Å². The summed E-state index contributed by atoms with van der Waals surface area (Å²) >= 11 is 4.18. The zero-order valence-corrected chi connectivity index (χ0v) is 72.4. The number of rotatable bonds is 16. The lowest BCUT2D eigenvalue weighted by atomic mass is 10.2. The Hall–Kier alpha value is -9.05. The Morgan fingerprint density at radius 3 is 1.22 bits per heavy atom. The smallest absolute Gasteiger partial charge is 0.480 e. The minimum absolute atomic E-state index is 0. The standard InChI is InChI=1S/C17H33N5O6.C12H24N4O4S.C11H22N2O4.C9H10O2.C7H16N2O2.C6H11BrO2.C3H9N5O2.CH6N2/c1-15(2,3)26-11(23)10-18-20-12(19-13(24)27-16(4,5)6)21-22-14(25)28-17(7,8)9;1-11(2,3)19-9(17)15-13-8(21-7)14-16-10(18)20-12(4,5)6;1-10(2,3)16-8(14)7-13(12)9(15)17-11(4,5)6;1-8(10)11-7-9-5-3-2-4-6-9;1-7(2,3)11-6(10)5-9-8-4;1-6(2,3)9-5(8)4-7;4-3(7-5)8-6-1-2(9)10;1-3-2/h18H,10H2,1-9H3,(H,22,25)(H2,19,20,21,24);1-7H3,(H,13,14)(H,15,17)(H,16,18);7,12H2,1-6H3;2-6H,7H2,1H3;8-9H,5H2,1-4H3;4H2,1-3H3;6H,1,5H2,(H,9,10)(H3,4,7,8);3H,2H2,1H3/p+1. The Morgan fingerprint density at radius 1 is 0.500 bits per heavy atom. The Bertz CT molecular complexity index is 2960. The van der Waals surface area contributed by atoms with Crippen LogP contribution in [0, 0.1) is 0 Å². The molecule has 21 N–H and O–H groups in total. The van der Waals surface area contributed by atoms with Gasteiger partial charge in [0, 0.05) is 6.92 Å². The van der Waals surface area contributed by atoms with Gasteiger partial charge in [0.1, 0.15) is 88.5 Å². The molecule has 0 spiro atoms. The van der Waals surface area contributed by atoms with Gasteiger partial charge in [-0.3, -0.25) is 67.1 Å². The summed E-state index contributed by atoms with van der Waals surface area (Å²) in [5, 5.41) is 22.1. The van der Waals surface area contributed by atoms with E-state index in [-0.39, 0.29) is 73.5 Å². The van der Waals surface area contributed by atoms with Crippen molar-refractivity contribution in [2.45, 2.75) is 251 Å². The summed E-state index contributed by atoms with van der Waals surface area (Å²) in [6.45, 7) is 48.4. The molecule has 0 saturated heterocycles. The van der Waals surface area contributed by atoms with Gasteiger partial charge < -0.3 is 64.1 Å². The number of nitrogens with two attached hydrogens (primary N) is 4. The highest BCUT2D eigenvalue weighted by molar-refractivity contribution is 9.09. The first-order valence-corrected chi connectivity index (χ1v) is 35.7. The SMILES string of the molecule is CC(=O)OCc1ccccc1.CC(C)(C)OC(=O)CBr.CC(C)(C)OC(=O)CN(N)C(=O)OC(C)(C)C.CC(C)(C)OC(=O)CNNC(=NNC(=O)OC(C)(C)C)NC(=O)OC(C)(C)C.CNN.CNNCC(=O)OC(C)(C)C.CSC(=NNC(=O)OC(C)(C)C)NNC(=O)OC(C)(C)C.NN=C(N)NNCC(=O)O.[H+]. The monoisotopic (exact) mass is 1670 g/mol. The second-order valence-corrected chi connectivity index (χ2v) is 31.7. The number of carbonyl (C=O) groups is 11. The number of amidine groups is 1. The van der Waals surface area contributed by atoms with E-state index in [4.69, 9.17) is 69.9 Å². The minimum atomic E-state index is -1.00. The number of hydrazine groups is 6. The molecule has 110 heavy (non-hydrogen) atoms. The maximum Gasteiger partial charge on any atom is 1.00 e. The number of hydrazone groups is 3. The number of nitrogens with one attached hydrogen (secondary N) is 12. The molecular formula is C66H132BrN20O22S+. The van der Waals surface area contributed by atoms with Gasteiger partial charge in [0.05, 0.1) is 0 Å². The Balaban J connectivity index is -0.000000191. The lowest BCUT2D eigenvalue weighted by Crippen LogP contribution is -2.51. The molecule has 0 aliphatic carbocycles. The number of aliphatic carboxylic acids is 1. The van der Waals surface area contributed by atoms with E-state index >= 15 is 0 Å². The van der Waals surface area contributed by atoms with Crippen molar-refractivity contribution < 1.29 is 107 Å². The van der Waals surface area contributed by atoms with Crippen LogP contribution in [0.3, 0.4) is 0 Å². The predicted octanol–water partition coefficient (Wildman–Crippen LogP) is 5.43. The number of esters is 5. The number of ether oxygens (including phenoxy) is 10. The fraction of sp³-hybridized carbons (Fsp3) is 0.697. The first-order valence-electron chi connectivity index (χ1n) is 33.4. The van der Waals surface area contributed by atoms with Crippen LogP contribution in [-0.2, 0) is 82.7 Å². The molecular weight excluding hydrogens is 1540 g/mol. The summed E-state index contributed by atoms with van der Waals surface area (Å²) in [6, 6.07) is 9.60. The topological polar surface area (TPSA) is 589 Å². The van der Waals surface area contributed by atoms with Crippen molar-refractivity contribution in [3.63, 3.8) is 0 Å². The van der Waals surface area contributed by atoms with E-state index in [0.717, 1.165) is 5.56 Å². The number of benzene rings is 1. The van der Waals surface area contributed by atoms with Crippen molar-refractivity contribution in [3.8, 4) is 0 Å². The molecule has 1 rings (SSSR count). The molecule has 0 fully saturated rings. The lowest BCUT2D eigenvalue weighted by Gasteiger charge is -2.25. The third-order valence-electron chi connectivity index (χ3n) is 8.23. The van der Waals surface area contributed by atoms with Gasteiger partial charge in [0.15, 0.2) is 5.17 Å². The van der Waals surface area contributed by atoms with Gasteiger partial charge in [-0.15, -0.1) is 15.3 Å². The molecule has 0 heterocycles. The van der Waals surface area contributed by atoms with E-state index < -0.39 is 93.2 Å². The highest BCUT2D eigenvalue weighted by Crippen LogP contribution is 2.14. The Morgan fingerprint density at radius 2 is 0.864 bits per heavy atom. The van der Waals surface area contributed by atoms with E-state index in [1.165, 1.54) is 18.7 Å². The summed E-state index contributed by atoms with van der Waals surface area (Å²) in [7, 11) is 3.35. The molecule has 0 aromatic heterocycles. The lowest BCUT2D eigenvalue weighted by molar-refractivity contribution is -0.156. The van der Waals surface area contributed by atoms with E-state index in [9.17, 15) is 52.7 Å². The maximum absolute atomic E-state index is 11.9. The number of thioether (sulfide) groups is 1. The molecule has 44 heteroatoms. The third kappa shape index (κ3) is 98.9. The van der Waals surface area contributed by atoms with Crippen molar-refractivity contribution in [1.82, 2.24) is 70.0 Å². The minimum Gasteiger partial charge on any atom is -0.480 e. The summed E-state index contributed by atoms with van der Waals surface area (Å²) < 4.78 is 50.0. The van der Waals surface area contributed by atoms with Crippen LogP contribution in [0.15, 0.2) is 45.6 Å². The largest absolute Gasteiger partial charge is 1.00 e. The highest BCUT2D eigenvalue weighted by Gasteiger charge is 2.26. The average molecular weight is 1670 g/mol. The second kappa shape index (κ2) is 58.0. The average Bonchev–Trinajstić information content (AvgIpc) is 0.903. The first-order chi connectivity index (χ1) is 49.6. The highest BCUT2D eigenvalue weighted by atomic mass is 79.9. The van der Waals surface area contributed by atoms with Gasteiger partial charge in [0.2, 0.25) is 11.9 Å². The Labute approximate surface area is 662 Å².